The van der Waals surface area contributed by atoms with Gasteiger partial charge in [-0.3, -0.25) is 34.0 Å². The molecule has 2 amide bonds. The van der Waals surface area contributed by atoms with Crippen LogP contribution in [0.3, 0.4) is 0 Å². The molecule has 4 aliphatic heterocycles. The molecule has 13 nitrogen and oxygen atoms in total. The highest BCUT2D eigenvalue weighted by atomic mass is 32.1. The number of hydrogen-bond donors (Lipinski definition) is 1. The molecule has 4 aromatic carbocycles. The van der Waals surface area contributed by atoms with E-state index < -0.39 is 25.0 Å². The van der Waals surface area contributed by atoms with Crippen LogP contribution in [0.2, 0.25) is 0 Å². The van der Waals surface area contributed by atoms with Crippen molar-refractivity contribution in [3.05, 3.63) is 107 Å². The van der Waals surface area contributed by atoms with Crippen molar-refractivity contribution in [2.45, 2.75) is 70.4 Å². The third-order valence-corrected chi connectivity index (χ3v) is 16.0. The van der Waals surface area contributed by atoms with Crippen LogP contribution in [0.15, 0.2) is 95.7 Å². The highest BCUT2D eigenvalue weighted by Crippen LogP contribution is 2.36. The maximum Gasteiger partial charge on any atom is 0.389 e. The van der Waals surface area contributed by atoms with Gasteiger partial charge in [0.25, 0.3) is 0 Å². The first-order chi connectivity index (χ1) is 36.0. The first-order valence-electron chi connectivity index (χ1n) is 25.8. The van der Waals surface area contributed by atoms with Gasteiger partial charge in [0.15, 0.2) is 0 Å². The van der Waals surface area contributed by atoms with Crippen molar-refractivity contribution in [3.8, 4) is 11.5 Å². The average Bonchev–Trinajstić information content (AvgIpc) is 4.11. The van der Waals surface area contributed by atoms with E-state index in [0.717, 1.165) is 125 Å². The molecule has 0 unspecified atom stereocenters. The van der Waals surface area contributed by atoms with Crippen LogP contribution in [-0.2, 0) is 32.0 Å². The fourth-order valence-electron chi connectivity index (χ4n) is 10.2. The number of carboxylic acids is 1. The monoisotopic (exact) mass is 1050 g/mol. The molecule has 6 heterocycles. The van der Waals surface area contributed by atoms with Crippen molar-refractivity contribution in [3.63, 3.8) is 0 Å². The Morgan fingerprint density at radius 1 is 0.568 bits per heavy atom. The average molecular weight is 1060 g/mol. The summed E-state index contributed by atoms with van der Waals surface area (Å²) in [5.41, 5.74) is 6.56. The molecule has 2 saturated heterocycles. The molecule has 0 saturated carbocycles. The fraction of sp³-hybridized carbons (Fsp3) is 0.446. The number of benzene rings is 4. The van der Waals surface area contributed by atoms with Gasteiger partial charge in [-0.15, -0.1) is 22.7 Å². The molecule has 4 aliphatic rings. The Morgan fingerprint density at radius 2 is 1.03 bits per heavy atom. The standard InChI is InChI=1S/C52H60N6O5S2.C4H5F3O2/c59-51-17-13-39-11-15-41(62-31-3-1-21-53-23-27-55(28-24-53)45-7-5-9-49-43(45)19-33-64-49)35-47(39)57(51)37-61-38-58-48-36-42(16-12-40(48)14-18-52(58)60)63-32-4-2-22-54-25-29-56(30-26-54)46-8-6-10-50-44(46)20-34-65-50;5-4(6,7)2-1-3(8)9/h5-12,15-16,19-20,33-36H,1-4,13-14,17-18,21-32,37-38H2;1-2H2,(H,8,9). The smallest absolute Gasteiger partial charge is 0.389 e. The number of anilines is 4. The number of nitrogens with zero attached hydrogens (tertiary/aromatic N) is 6. The second-order valence-electron chi connectivity index (χ2n) is 19.2. The third-order valence-electron chi connectivity index (χ3n) is 14.2. The number of thiophene rings is 2. The van der Waals surface area contributed by atoms with Crippen molar-refractivity contribution in [1.29, 1.82) is 0 Å². The SMILES string of the molecule is O=C(O)CCC(F)(F)F.O=C1CCc2ccc(OCCCCN3CCN(c4cccc5sccc45)CC3)cc2N1COCN1C(=O)CCc2ccc(OCCCCN3CCN(c4cccc5sccc45)CC3)cc21. The topological polar surface area (TPSA) is 119 Å². The molecular formula is C56H65F3N6O7S2. The summed E-state index contributed by atoms with van der Waals surface area (Å²) >= 11 is 3.62. The summed E-state index contributed by atoms with van der Waals surface area (Å²) in [5.74, 6) is 0.115. The van der Waals surface area contributed by atoms with Crippen molar-refractivity contribution in [1.82, 2.24) is 9.80 Å². The first kappa shape index (κ1) is 52.9. The molecule has 0 aliphatic carbocycles. The van der Waals surface area contributed by atoms with E-state index in [1.807, 2.05) is 46.9 Å². The normalized spacial score (nSPS) is 16.6. The first-order valence-corrected chi connectivity index (χ1v) is 27.6. The van der Waals surface area contributed by atoms with E-state index in [4.69, 9.17) is 19.3 Å². The summed E-state index contributed by atoms with van der Waals surface area (Å²) in [6.07, 6.45) is -0.159. The summed E-state index contributed by atoms with van der Waals surface area (Å²) in [6, 6.07) is 29.9. The zero-order valence-corrected chi connectivity index (χ0v) is 43.4. The van der Waals surface area contributed by atoms with Crippen LogP contribution < -0.4 is 29.1 Å². The van der Waals surface area contributed by atoms with E-state index in [2.05, 4.69) is 91.0 Å². The number of rotatable bonds is 20. The van der Waals surface area contributed by atoms with Gasteiger partial charge in [0.1, 0.15) is 25.0 Å². The van der Waals surface area contributed by atoms with Crippen LogP contribution >= 0.6 is 22.7 Å². The molecule has 0 atom stereocenters. The van der Waals surface area contributed by atoms with Gasteiger partial charge in [0, 0.05) is 109 Å². The van der Waals surface area contributed by atoms with E-state index in [-0.39, 0.29) is 25.3 Å². The number of halogens is 3. The lowest BCUT2D eigenvalue weighted by atomic mass is 10.0. The van der Waals surface area contributed by atoms with Crippen LogP contribution in [0, 0.1) is 0 Å². The zero-order valence-electron chi connectivity index (χ0n) is 41.7. The van der Waals surface area contributed by atoms with E-state index in [1.165, 1.54) is 31.5 Å². The quantitative estimate of drug-likeness (QED) is 0.0736. The number of hydrogen-bond acceptors (Lipinski definition) is 12. The molecule has 0 radical (unpaired) electrons. The van der Waals surface area contributed by atoms with Crippen LogP contribution in [0.25, 0.3) is 20.2 Å². The van der Waals surface area contributed by atoms with Gasteiger partial charge in [-0.1, -0.05) is 24.3 Å². The largest absolute Gasteiger partial charge is 0.494 e. The molecule has 2 aromatic heterocycles. The van der Waals surface area contributed by atoms with Crippen molar-refractivity contribution in [2.24, 2.45) is 0 Å². The second kappa shape index (κ2) is 25.1. The van der Waals surface area contributed by atoms with Crippen molar-refractivity contribution < 1.29 is 46.9 Å². The Balaban J connectivity index is 0.000000684. The Kier molecular flexibility index (Phi) is 17.9. The summed E-state index contributed by atoms with van der Waals surface area (Å²) in [5, 5.41) is 14.9. The Hall–Kier alpha value is -5.92. The molecule has 10 rings (SSSR count). The van der Waals surface area contributed by atoms with E-state index in [1.54, 1.807) is 9.80 Å². The molecule has 18 heteroatoms. The lowest BCUT2D eigenvalue weighted by Crippen LogP contribution is -2.46. The molecule has 6 aromatic rings. The minimum Gasteiger partial charge on any atom is -0.494 e. The molecule has 394 valence electrons. The van der Waals surface area contributed by atoms with Crippen molar-refractivity contribution >= 4 is 83.4 Å². The van der Waals surface area contributed by atoms with Crippen LogP contribution in [-0.4, -0.2) is 131 Å². The molecule has 74 heavy (non-hydrogen) atoms. The number of carbonyl (C=O) groups excluding carboxylic acids is 2. The summed E-state index contributed by atoms with van der Waals surface area (Å²) in [7, 11) is 0. The van der Waals surface area contributed by atoms with E-state index in [0.29, 0.717) is 38.9 Å². The maximum atomic E-state index is 13.3. The molecule has 0 spiro atoms. The fourth-order valence-corrected chi connectivity index (χ4v) is 11.8. The number of aliphatic carboxylic acids is 1. The number of unbranched alkanes of at least 4 members (excludes halogenated alkanes) is 2. The highest BCUT2D eigenvalue weighted by molar-refractivity contribution is 7.17. The van der Waals surface area contributed by atoms with Gasteiger partial charge < -0.3 is 29.1 Å². The predicted octanol–water partition coefficient (Wildman–Crippen LogP) is 10.7. The zero-order chi connectivity index (χ0) is 51.4. The Morgan fingerprint density at radius 3 is 1.45 bits per heavy atom. The minimum absolute atomic E-state index is 0.0111. The van der Waals surface area contributed by atoms with Crippen LogP contribution in [0.5, 0.6) is 11.5 Å². The Bertz CT molecular complexity index is 2670. The predicted molar refractivity (Wildman–Crippen MR) is 289 cm³/mol. The third kappa shape index (κ3) is 13.9. The molecule has 1 N–H and O–H groups in total. The molecule has 0 bridgehead atoms. The highest BCUT2D eigenvalue weighted by Gasteiger charge is 2.29. The molecular weight excluding hydrogens is 990 g/mol. The maximum absolute atomic E-state index is 13.3. The number of carbonyl (C=O) groups is 3. The van der Waals surface area contributed by atoms with Gasteiger partial charge in [-0.05, 0) is 122 Å². The number of alkyl halides is 3. The van der Waals surface area contributed by atoms with Gasteiger partial charge in [0.05, 0.1) is 37.4 Å². The number of aryl methyl sites for hydroxylation is 2. The van der Waals surface area contributed by atoms with Gasteiger partial charge in [-0.2, -0.15) is 13.2 Å². The lowest BCUT2D eigenvalue weighted by molar-refractivity contribution is -0.152. The van der Waals surface area contributed by atoms with E-state index in [9.17, 15) is 27.6 Å². The van der Waals surface area contributed by atoms with Gasteiger partial charge in [-0.25, -0.2) is 0 Å². The number of ether oxygens (including phenoxy) is 3. The number of piperazine rings is 2. The van der Waals surface area contributed by atoms with Crippen LogP contribution in [0.4, 0.5) is 35.9 Å². The number of fused-ring (bicyclic) bond motifs is 4. The number of carboxylic acid groups (broad SMARTS) is 1. The number of amides is 2. The summed E-state index contributed by atoms with van der Waals surface area (Å²) in [6.45, 7) is 12.0. The van der Waals surface area contributed by atoms with Crippen LogP contribution in [0.1, 0.15) is 62.5 Å². The second-order valence-corrected chi connectivity index (χ2v) is 21.1. The molecule has 2 fully saturated rings. The Labute approximate surface area is 438 Å². The lowest BCUT2D eigenvalue weighted by Gasteiger charge is -2.36. The van der Waals surface area contributed by atoms with E-state index >= 15 is 0 Å². The van der Waals surface area contributed by atoms with Crippen molar-refractivity contribution in [2.75, 3.05) is 112 Å². The summed E-state index contributed by atoms with van der Waals surface area (Å²) in [4.78, 5) is 49.7. The summed E-state index contributed by atoms with van der Waals surface area (Å²) < 4.78 is 54.8. The van der Waals surface area contributed by atoms with Gasteiger partial charge in [0.2, 0.25) is 11.8 Å². The van der Waals surface area contributed by atoms with Gasteiger partial charge >= 0.3 is 12.1 Å². The minimum atomic E-state index is -4.35.